The van der Waals surface area contributed by atoms with E-state index in [4.69, 9.17) is 5.26 Å². The van der Waals surface area contributed by atoms with Crippen molar-refractivity contribution < 1.29 is 0 Å². The number of benzene rings is 1. The summed E-state index contributed by atoms with van der Waals surface area (Å²) in [6.45, 7) is 6.66. The Morgan fingerprint density at radius 2 is 1.76 bits per heavy atom. The van der Waals surface area contributed by atoms with Crippen LogP contribution in [-0.2, 0) is 5.41 Å². The Balaban J connectivity index is 1.94. The number of rotatable bonds is 2. The number of anilines is 1. The molecular weight excluding hydrogens is 208 g/mol. The third kappa shape index (κ3) is 2.79. The Morgan fingerprint density at radius 1 is 1.18 bits per heavy atom. The SMILES string of the molecule is CC(C)(C)c1ccc(NC2CC(C#N)C2)cc1. The first-order valence-electron chi connectivity index (χ1n) is 6.26. The molecule has 2 rings (SSSR count). The normalized spacial score (nSPS) is 23.6. The van der Waals surface area contributed by atoms with Crippen LogP contribution in [0.15, 0.2) is 24.3 Å². The van der Waals surface area contributed by atoms with Crippen LogP contribution in [0.1, 0.15) is 39.2 Å². The molecule has 17 heavy (non-hydrogen) atoms. The van der Waals surface area contributed by atoms with E-state index in [2.05, 4.69) is 56.4 Å². The number of hydrogen-bond acceptors (Lipinski definition) is 2. The average Bonchev–Trinajstić information content (AvgIpc) is 2.22. The number of nitrogens with zero attached hydrogens (tertiary/aromatic N) is 1. The van der Waals surface area contributed by atoms with Gasteiger partial charge in [0.15, 0.2) is 0 Å². The zero-order valence-corrected chi connectivity index (χ0v) is 10.8. The van der Waals surface area contributed by atoms with Gasteiger partial charge in [0.1, 0.15) is 0 Å². The van der Waals surface area contributed by atoms with E-state index in [1.54, 1.807) is 0 Å². The Bertz CT molecular complexity index is 414. The second-order valence-electron chi connectivity index (χ2n) is 5.97. The number of hydrogen-bond donors (Lipinski definition) is 1. The predicted octanol–water partition coefficient (Wildman–Crippen LogP) is 3.70. The minimum Gasteiger partial charge on any atom is -0.382 e. The van der Waals surface area contributed by atoms with Crippen molar-refractivity contribution in [2.75, 3.05) is 5.32 Å². The lowest BCUT2D eigenvalue weighted by Gasteiger charge is -2.32. The molecule has 1 saturated carbocycles. The molecule has 0 aromatic heterocycles. The maximum absolute atomic E-state index is 8.72. The monoisotopic (exact) mass is 228 g/mol. The van der Waals surface area contributed by atoms with E-state index in [1.165, 1.54) is 11.3 Å². The molecule has 0 amide bonds. The largest absolute Gasteiger partial charge is 0.382 e. The van der Waals surface area contributed by atoms with Gasteiger partial charge in [-0.2, -0.15) is 5.26 Å². The van der Waals surface area contributed by atoms with Gasteiger partial charge in [-0.05, 0) is 36.0 Å². The zero-order chi connectivity index (χ0) is 12.5. The number of nitrogens with one attached hydrogen (secondary N) is 1. The second kappa shape index (κ2) is 4.41. The van der Waals surface area contributed by atoms with Gasteiger partial charge in [0.05, 0.1) is 12.0 Å². The molecule has 1 aliphatic rings. The Morgan fingerprint density at radius 3 is 2.24 bits per heavy atom. The molecule has 1 fully saturated rings. The van der Waals surface area contributed by atoms with Crippen molar-refractivity contribution in [3.05, 3.63) is 29.8 Å². The van der Waals surface area contributed by atoms with Crippen LogP contribution in [0.25, 0.3) is 0 Å². The molecular formula is C15H20N2. The smallest absolute Gasteiger partial charge is 0.0657 e. The molecule has 90 valence electrons. The molecule has 0 atom stereocenters. The lowest BCUT2D eigenvalue weighted by molar-refractivity contribution is 0.354. The molecule has 2 nitrogen and oxygen atoms in total. The summed E-state index contributed by atoms with van der Waals surface area (Å²) in [7, 11) is 0. The van der Waals surface area contributed by atoms with Crippen LogP contribution in [0.5, 0.6) is 0 Å². The Kier molecular flexibility index (Phi) is 3.11. The predicted molar refractivity (Wildman–Crippen MR) is 70.9 cm³/mol. The summed E-state index contributed by atoms with van der Waals surface area (Å²) >= 11 is 0. The molecule has 0 heterocycles. The molecule has 0 bridgehead atoms. The van der Waals surface area contributed by atoms with Crippen molar-refractivity contribution in [3.8, 4) is 6.07 Å². The number of nitriles is 1. The molecule has 1 aliphatic carbocycles. The van der Waals surface area contributed by atoms with Crippen molar-refractivity contribution >= 4 is 5.69 Å². The summed E-state index contributed by atoms with van der Waals surface area (Å²) in [4.78, 5) is 0. The van der Waals surface area contributed by atoms with Crippen molar-refractivity contribution in [2.24, 2.45) is 5.92 Å². The van der Waals surface area contributed by atoms with Gasteiger partial charge in [0, 0.05) is 11.7 Å². The topological polar surface area (TPSA) is 35.8 Å². The molecule has 0 spiro atoms. The first-order chi connectivity index (χ1) is 7.99. The van der Waals surface area contributed by atoms with Crippen LogP contribution in [0.4, 0.5) is 5.69 Å². The maximum Gasteiger partial charge on any atom is 0.0657 e. The summed E-state index contributed by atoms with van der Waals surface area (Å²) in [5, 5.41) is 12.2. The highest BCUT2D eigenvalue weighted by molar-refractivity contribution is 5.47. The summed E-state index contributed by atoms with van der Waals surface area (Å²) in [5.41, 5.74) is 2.73. The van der Waals surface area contributed by atoms with Crippen LogP contribution < -0.4 is 5.32 Å². The molecule has 0 aliphatic heterocycles. The van der Waals surface area contributed by atoms with Crippen LogP contribution in [-0.4, -0.2) is 6.04 Å². The van der Waals surface area contributed by atoms with Crippen molar-refractivity contribution in [2.45, 2.75) is 45.1 Å². The van der Waals surface area contributed by atoms with E-state index in [-0.39, 0.29) is 11.3 Å². The average molecular weight is 228 g/mol. The van der Waals surface area contributed by atoms with Gasteiger partial charge in [-0.1, -0.05) is 32.9 Å². The Hall–Kier alpha value is -1.49. The maximum atomic E-state index is 8.72. The summed E-state index contributed by atoms with van der Waals surface area (Å²) in [6.07, 6.45) is 1.97. The van der Waals surface area contributed by atoms with E-state index in [0.29, 0.717) is 6.04 Å². The minimum atomic E-state index is 0.209. The molecule has 0 radical (unpaired) electrons. The quantitative estimate of drug-likeness (QED) is 0.837. The van der Waals surface area contributed by atoms with E-state index < -0.39 is 0 Å². The van der Waals surface area contributed by atoms with Gasteiger partial charge < -0.3 is 5.32 Å². The van der Waals surface area contributed by atoms with Crippen LogP contribution in [0.2, 0.25) is 0 Å². The first kappa shape index (κ1) is 12.0. The van der Waals surface area contributed by atoms with Gasteiger partial charge in [-0.15, -0.1) is 0 Å². The van der Waals surface area contributed by atoms with Crippen molar-refractivity contribution in [3.63, 3.8) is 0 Å². The fourth-order valence-corrected chi connectivity index (χ4v) is 2.14. The standard InChI is InChI=1S/C15H20N2/c1-15(2,3)12-4-6-13(7-5-12)17-14-8-11(9-14)10-16/h4-7,11,14,17H,8-9H2,1-3H3. The molecule has 1 aromatic rings. The van der Waals surface area contributed by atoms with E-state index in [9.17, 15) is 0 Å². The molecule has 1 N–H and O–H groups in total. The van der Waals surface area contributed by atoms with Crippen LogP contribution in [0.3, 0.4) is 0 Å². The third-order valence-electron chi connectivity index (χ3n) is 3.44. The molecule has 1 aromatic carbocycles. The van der Waals surface area contributed by atoms with Crippen molar-refractivity contribution in [1.82, 2.24) is 0 Å². The highest BCUT2D eigenvalue weighted by Crippen LogP contribution is 2.30. The van der Waals surface area contributed by atoms with Gasteiger partial charge >= 0.3 is 0 Å². The van der Waals surface area contributed by atoms with Crippen LogP contribution in [0, 0.1) is 17.2 Å². The lowest BCUT2D eigenvalue weighted by Crippen LogP contribution is -2.34. The molecule has 2 heteroatoms. The van der Waals surface area contributed by atoms with E-state index >= 15 is 0 Å². The fourth-order valence-electron chi connectivity index (χ4n) is 2.14. The Labute approximate surface area is 104 Å². The van der Waals surface area contributed by atoms with Gasteiger partial charge in [0.25, 0.3) is 0 Å². The highest BCUT2D eigenvalue weighted by atomic mass is 14.9. The lowest BCUT2D eigenvalue weighted by atomic mass is 9.81. The summed E-state index contributed by atoms with van der Waals surface area (Å²) in [5.74, 6) is 0.265. The van der Waals surface area contributed by atoms with E-state index in [0.717, 1.165) is 12.8 Å². The summed E-state index contributed by atoms with van der Waals surface area (Å²) < 4.78 is 0. The summed E-state index contributed by atoms with van der Waals surface area (Å²) in [6, 6.07) is 11.4. The van der Waals surface area contributed by atoms with Crippen molar-refractivity contribution in [1.29, 1.82) is 5.26 Å². The molecule has 0 unspecified atom stereocenters. The van der Waals surface area contributed by atoms with Gasteiger partial charge in [-0.3, -0.25) is 0 Å². The second-order valence-corrected chi connectivity index (χ2v) is 5.97. The molecule has 0 saturated heterocycles. The van der Waals surface area contributed by atoms with Gasteiger partial charge in [-0.25, -0.2) is 0 Å². The third-order valence-corrected chi connectivity index (χ3v) is 3.44. The van der Waals surface area contributed by atoms with Gasteiger partial charge in [0.2, 0.25) is 0 Å². The van der Waals surface area contributed by atoms with E-state index in [1.807, 2.05) is 0 Å². The first-order valence-corrected chi connectivity index (χ1v) is 6.26. The zero-order valence-electron chi connectivity index (χ0n) is 10.8. The fraction of sp³-hybridized carbons (Fsp3) is 0.533. The van der Waals surface area contributed by atoms with Crippen LogP contribution >= 0.6 is 0 Å². The highest BCUT2D eigenvalue weighted by Gasteiger charge is 2.28. The minimum absolute atomic E-state index is 0.209.